The van der Waals surface area contributed by atoms with Crippen LogP contribution in [0.4, 0.5) is 10.2 Å². The first kappa shape index (κ1) is 16.3. The first-order chi connectivity index (χ1) is 10.3. The van der Waals surface area contributed by atoms with Crippen LogP contribution >= 0.6 is 11.6 Å². The Hall–Kier alpha value is -2.05. The lowest BCUT2D eigenvalue weighted by Crippen LogP contribution is -2.20. The fourth-order valence-corrected chi connectivity index (χ4v) is 2.21. The van der Waals surface area contributed by atoms with E-state index >= 15 is 0 Å². The van der Waals surface area contributed by atoms with Crippen molar-refractivity contribution in [2.24, 2.45) is 11.7 Å². The van der Waals surface area contributed by atoms with Crippen molar-refractivity contribution >= 4 is 23.2 Å². The lowest BCUT2D eigenvalue weighted by Gasteiger charge is -2.18. The highest BCUT2D eigenvalue weighted by Crippen LogP contribution is 2.29. The molecule has 0 bridgehead atoms. The van der Waals surface area contributed by atoms with Gasteiger partial charge in [-0.2, -0.15) is 0 Å². The number of nitrogens with zero attached hydrogens (tertiary/aromatic N) is 2. The van der Waals surface area contributed by atoms with Gasteiger partial charge in [-0.05, 0) is 12.0 Å². The monoisotopic (exact) mass is 322 g/mol. The van der Waals surface area contributed by atoms with E-state index in [-0.39, 0.29) is 33.6 Å². The normalized spacial score (nSPS) is 12.5. The van der Waals surface area contributed by atoms with Gasteiger partial charge in [0.1, 0.15) is 17.3 Å². The van der Waals surface area contributed by atoms with Crippen LogP contribution < -0.4 is 11.5 Å². The maximum absolute atomic E-state index is 14.7. The molecule has 0 fully saturated rings. The largest absolute Gasteiger partial charge is 0.382 e. The summed E-state index contributed by atoms with van der Waals surface area (Å²) in [5.41, 5.74) is 11.3. The van der Waals surface area contributed by atoms with Gasteiger partial charge in [0.15, 0.2) is 0 Å². The molecular formula is C15H16ClFN4O. The number of anilines is 1. The summed E-state index contributed by atoms with van der Waals surface area (Å²) in [6.07, 6.45) is 2.41. The number of halogens is 2. The van der Waals surface area contributed by atoms with Gasteiger partial charge in [-0.3, -0.25) is 4.79 Å². The average molecular weight is 323 g/mol. The average Bonchev–Trinajstić information content (AvgIpc) is 2.47. The van der Waals surface area contributed by atoms with Gasteiger partial charge >= 0.3 is 0 Å². The molecule has 1 atom stereocenters. The van der Waals surface area contributed by atoms with Crippen LogP contribution in [0.1, 0.15) is 41.5 Å². The third-order valence-corrected chi connectivity index (χ3v) is 3.64. The van der Waals surface area contributed by atoms with Crippen LogP contribution in [0.2, 0.25) is 5.02 Å². The second kappa shape index (κ2) is 6.37. The van der Waals surface area contributed by atoms with Gasteiger partial charge in [-0.25, -0.2) is 14.4 Å². The van der Waals surface area contributed by atoms with Crippen LogP contribution in [0.5, 0.6) is 0 Å². The van der Waals surface area contributed by atoms with Crippen LogP contribution in [0, 0.1) is 11.7 Å². The Bertz CT molecular complexity index is 703. The van der Waals surface area contributed by atoms with Crippen molar-refractivity contribution < 1.29 is 9.18 Å². The molecule has 2 rings (SSSR count). The number of benzene rings is 1. The molecule has 0 aliphatic rings. The predicted molar refractivity (Wildman–Crippen MR) is 83.1 cm³/mol. The Balaban J connectivity index is 2.52. The summed E-state index contributed by atoms with van der Waals surface area (Å²) in [5.74, 6) is -1.21. The second-order valence-corrected chi connectivity index (χ2v) is 5.66. The molecule has 0 radical (unpaired) electrons. The number of nitrogen functional groups attached to an aromatic ring is 1. The van der Waals surface area contributed by atoms with Gasteiger partial charge in [0.05, 0.1) is 23.0 Å². The summed E-state index contributed by atoms with van der Waals surface area (Å²) in [5, 5.41) is 0.000770. The van der Waals surface area contributed by atoms with Crippen molar-refractivity contribution in [2.75, 3.05) is 5.73 Å². The van der Waals surface area contributed by atoms with Gasteiger partial charge < -0.3 is 11.5 Å². The molecule has 0 amide bonds. The molecule has 0 saturated carbocycles. The zero-order valence-electron chi connectivity index (χ0n) is 12.2. The number of hydrogen-bond acceptors (Lipinski definition) is 5. The molecule has 0 aliphatic carbocycles. The highest BCUT2D eigenvalue weighted by molar-refractivity contribution is 6.34. The summed E-state index contributed by atoms with van der Waals surface area (Å²) < 4.78 is 14.7. The smallest absolute Gasteiger partial charge is 0.217 e. The number of nitrogens with two attached hydrogens (primary N) is 2. The predicted octanol–water partition coefficient (Wildman–Crippen LogP) is 2.74. The first-order valence-electron chi connectivity index (χ1n) is 6.68. The van der Waals surface area contributed by atoms with Crippen molar-refractivity contribution in [1.29, 1.82) is 0 Å². The van der Waals surface area contributed by atoms with E-state index in [9.17, 15) is 9.18 Å². The fourth-order valence-electron chi connectivity index (χ4n) is 1.98. The topological polar surface area (TPSA) is 94.9 Å². The van der Waals surface area contributed by atoms with E-state index < -0.39 is 17.6 Å². The first-order valence-corrected chi connectivity index (χ1v) is 7.06. The second-order valence-electron chi connectivity index (χ2n) is 5.25. The Morgan fingerprint density at radius 1 is 1.27 bits per heavy atom. The highest BCUT2D eigenvalue weighted by atomic mass is 35.5. The van der Waals surface area contributed by atoms with Crippen LogP contribution in [0.25, 0.3) is 0 Å². The van der Waals surface area contributed by atoms with Crippen LogP contribution in [-0.2, 0) is 0 Å². The summed E-state index contributed by atoms with van der Waals surface area (Å²) in [4.78, 5) is 20.1. The number of carbonyl (C=O) groups excluding carboxylic acids is 1. The van der Waals surface area contributed by atoms with Crippen molar-refractivity contribution in [2.45, 2.75) is 19.9 Å². The Kier molecular flexibility index (Phi) is 4.73. The van der Waals surface area contributed by atoms with E-state index in [0.717, 1.165) is 0 Å². The summed E-state index contributed by atoms with van der Waals surface area (Å²) in [6.45, 7) is 3.73. The zero-order valence-corrected chi connectivity index (χ0v) is 12.9. The van der Waals surface area contributed by atoms with Gasteiger partial charge in [-0.15, -0.1) is 0 Å². The van der Waals surface area contributed by atoms with Crippen molar-refractivity contribution in [1.82, 2.24) is 9.97 Å². The highest BCUT2D eigenvalue weighted by Gasteiger charge is 2.25. The van der Waals surface area contributed by atoms with Gasteiger partial charge in [0.2, 0.25) is 5.78 Å². The van der Waals surface area contributed by atoms with Crippen LogP contribution in [-0.4, -0.2) is 15.8 Å². The van der Waals surface area contributed by atoms with Gasteiger partial charge in [-0.1, -0.05) is 31.5 Å². The van der Waals surface area contributed by atoms with Gasteiger partial charge in [0.25, 0.3) is 0 Å². The molecule has 0 saturated heterocycles. The summed E-state index contributed by atoms with van der Waals surface area (Å²) in [7, 11) is 0. The molecule has 22 heavy (non-hydrogen) atoms. The minimum atomic E-state index is -0.725. The van der Waals surface area contributed by atoms with Crippen molar-refractivity contribution in [3.63, 3.8) is 0 Å². The Morgan fingerprint density at radius 3 is 2.50 bits per heavy atom. The van der Waals surface area contributed by atoms with Crippen molar-refractivity contribution in [3.8, 4) is 0 Å². The molecule has 1 unspecified atom stereocenters. The minimum Gasteiger partial charge on any atom is -0.382 e. The lowest BCUT2D eigenvalue weighted by molar-refractivity contribution is 0.103. The molecule has 1 heterocycles. The molecule has 0 aliphatic heterocycles. The number of hydrogen-bond donors (Lipinski definition) is 2. The van der Waals surface area contributed by atoms with E-state index in [4.69, 9.17) is 23.1 Å². The molecule has 116 valence electrons. The molecule has 0 spiro atoms. The molecule has 4 N–H and O–H groups in total. The Labute approximate surface area is 132 Å². The maximum atomic E-state index is 14.7. The van der Waals surface area contributed by atoms with E-state index in [1.807, 2.05) is 13.8 Å². The molecule has 1 aromatic carbocycles. The lowest BCUT2D eigenvalue weighted by atomic mass is 9.93. The molecule has 5 nitrogen and oxygen atoms in total. The van der Waals surface area contributed by atoms with E-state index in [1.54, 1.807) is 0 Å². The molecule has 7 heteroatoms. The van der Waals surface area contributed by atoms with E-state index in [2.05, 4.69) is 9.97 Å². The quantitative estimate of drug-likeness (QED) is 0.844. The van der Waals surface area contributed by atoms with E-state index in [0.29, 0.717) is 0 Å². The maximum Gasteiger partial charge on any atom is 0.217 e. The third kappa shape index (κ3) is 3.08. The van der Waals surface area contributed by atoms with Crippen molar-refractivity contribution in [3.05, 3.63) is 52.2 Å². The molecule has 1 aromatic heterocycles. The summed E-state index contributed by atoms with van der Waals surface area (Å²) >= 11 is 5.99. The number of rotatable bonds is 4. The number of aromatic nitrogens is 2. The minimum absolute atomic E-state index is 0.000770. The fraction of sp³-hybridized carbons (Fsp3) is 0.267. The SMILES string of the molecule is CC(C)C(N)c1ccc(Cl)c(C(=O)c2cnc(N)cn2)c1F. The van der Waals surface area contributed by atoms with Gasteiger partial charge in [0, 0.05) is 11.6 Å². The molecular weight excluding hydrogens is 307 g/mol. The molecule has 2 aromatic rings. The Morgan fingerprint density at radius 2 is 1.95 bits per heavy atom. The summed E-state index contributed by atoms with van der Waals surface area (Å²) in [6, 6.07) is 2.41. The number of ketones is 1. The third-order valence-electron chi connectivity index (χ3n) is 3.33. The van der Waals surface area contributed by atoms with Crippen LogP contribution in [0.3, 0.4) is 0 Å². The zero-order chi connectivity index (χ0) is 16.4. The number of carbonyl (C=O) groups is 1. The van der Waals surface area contributed by atoms with Crippen LogP contribution in [0.15, 0.2) is 24.5 Å². The van der Waals surface area contributed by atoms with E-state index in [1.165, 1.54) is 24.5 Å². The standard InChI is InChI=1S/C15H16ClFN4O/c1-7(2)14(19)8-3-4-9(16)12(13(8)17)15(22)10-5-21-11(18)6-20-10/h3-7,14H,19H2,1-2H3,(H2,18,21).